The number of nitrogens with one attached hydrogen (secondary N) is 1. The molecule has 0 aliphatic heterocycles. The summed E-state index contributed by atoms with van der Waals surface area (Å²) in [7, 11) is 0. The molecule has 6 nitrogen and oxygen atoms in total. The highest BCUT2D eigenvalue weighted by molar-refractivity contribution is 6.30. The minimum absolute atomic E-state index is 0.125. The van der Waals surface area contributed by atoms with E-state index in [9.17, 15) is 9.59 Å². The van der Waals surface area contributed by atoms with E-state index in [1.807, 2.05) is 26.0 Å². The normalized spacial score (nSPS) is 11.1. The number of nitrogens with zero attached hydrogens (tertiary/aromatic N) is 3. The van der Waals surface area contributed by atoms with Crippen LogP contribution in [0.1, 0.15) is 29.9 Å². The number of benzene rings is 1. The van der Waals surface area contributed by atoms with E-state index in [2.05, 4.69) is 15.3 Å². The lowest BCUT2D eigenvalue weighted by molar-refractivity contribution is 0.0944. The monoisotopic (exact) mass is 370 g/mol. The molecule has 3 aromatic rings. The number of hydrogen-bond acceptors (Lipinski definition) is 4. The van der Waals surface area contributed by atoms with Crippen LogP contribution in [-0.4, -0.2) is 20.4 Å². The van der Waals surface area contributed by atoms with Crippen molar-refractivity contribution in [2.75, 3.05) is 0 Å². The zero-order chi connectivity index (χ0) is 18.7. The zero-order valence-corrected chi connectivity index (χ0v) is 15.3. The van der Waals surface area contributed by atoms with E-state index in [0.29, 0.717) is 22.7 Å². The Balaban J connectivity index is 1.93. The van der Waals surface area contributed by atoms with Gasteiger partial charge in [-0.15, -0.1) is 0 Å². The van der Waals surface area contributed by atoms with Gasteiger partial charge in [-0.2, -0.15) is 0 Å². The molecule has 2 aromatic heterocycles. The van der Waals surface area contributed by atoms with Crippen LogP contribution in [0, 0.1) is 5.92 Å². The summed E-state index contributed by atoms with van der Waals surface area (Å²) in [5, 5.41) is 3.37. The van der Waals surface area contributed by atoms with Crippen molar-refractivity contribution in [1.82, 2.24) is 19.9 Å². The highest BCUT2D eigenvalue weighted by Crippen LogP contribution is 2.11. The molecule has 7 heteroatoms. The summed E-state index contributed by atoms with van der Waals surface area (Å²) in [6, 6.07) is 10.6. The zero-order valence-electron chi connectivity index (χ0n) is 14.6. The number of halogens is 1. The Morgan fingerprint density at radius 3 is 2.65 bits per heavy atom. The summed E-state index contributed by atoms with van der Waals surface area (Å²) in [5.74, 6) is -0.279. The minimum Gasteiger partial charge on any atom is -0.346 e. The maximum atomic E-state index is 12.8. The molecule has 0 unspecified atom stereocenters. The highest BCUT2D eigenvalue weighted by Gasteiger charge is 2.18. The standard InChI is InChI=1S/C19H19ClN4O2/c1-12(2)11-24-17-15(4-3-9-21-17)23-16(19(24)26)18(25)22-10-13-5-7-14(20)8-6-13/h3-9,12H,10-11H2,1-2H3,(H,22,25). The molecule has 0 radical (unpaired) electrons. The second-order valence-electron chi connectivity index (χ2n) is 6.43. The second kappa shape index (κ2) is 7.66. The minimum atomic E-state index is -0.506. The lowest BCUT2D eigenvalue weighted by atomic mass is 10.2. The predicted octanol–water partition coefficient (Wildman–Crippen LogP) is 3.03. The summed E-state index contributed by atoms with van der Waals surface area (Å²) >= 11 is 5.86. The number of carbonyl (C=O) groups is 1. The van der Waals surface area contributed by atoms with Crippen molar-refractivity contribution in [2.45, 2.75) is 26.9 Å². The maximum absolute atomic E-state index is 12.8. The first-order valence-electron chi connectivity index (χ1n) is 8.34. The topological polar surface area (TPSA) is 76.9 Å². The van der Waals surface area contributed by atoms with Crippen LogP contribution in [0.15, 0.2) is 47.4 Å². The van der Waals surface area contributed by atoms with Gasteiger partial charge < -0.3 is 5.32 Å². The van der Waals surface area contributed by atoms with Gasteiger partial charge in [-0.1, -0.05) is 37.6 Å². The third kappa shape index (κ3) is 3.91. The van der Waals surface area contributed by atoms with E-state index in [0.717, 1.165) is 5.56 Å². The SMILES string of the molecule is CC(C)Cn1c(=O)c(C(=O)NCc2ccc(Cl)cc2)nc2cccnc21. The Labute approximate surface area is 155 Å². The van der Waals surface area contributed by atoms with E-state index in [1.165, 1.54) is 4.57 Å². The Morgan fingerprint density at radius 2 is 1.96 bits per heavy atom. The number of aromatic nitrogens is 3. The summed E-state index contributed by atoms with van der Waals surface area (Å²) in [6.07, 6.45) is 1.61. The molecule has 0 saturated carbocycles. The van der Waals surface area contributed by atoms with Gasteiger partial charge >= 0.3 is 0 Å². The van der Waals surface area contributed by atoms with Crippen LogP contribution in [0.25, 0.3) is 11.2 Å². The molecule has 26 heavy (non-hydrogen) atoms. The molecule has 134 valence electrons. The second-order valence-corrected chi connectivity index (χ2v) is 6.86. The molecule has 0 fully saturated rings. The number of fused-ring (bicyclic) bond motifs is 1. The fraction of sp³-hybridized carbons (Fsp3) is 0.263. The molecule has 0 aliphatic rings. The first-order chi connectivity index (χ1) is 12.5. The summed E-state index contributed by atoms with van der Waals surface area (Å²) in [5.41, 5.74) is 1.33. The van der Waals surface area contributed by atoms with E-state index in [-0.39, 0.29) is 18.2 Å². The fourth-order valence-corrected chi connectivity index (χ4v) is 2.75. The average Bonchev–Trinajstić information content (AvgIpc) is 2.63. The first kappa shape index (κ1) is 18.1. The van der Waals surface area contributed by atoms with Crippen molar-refractivity contribution in [3.05, 3.63) is 69.2 Å². The smallest absolute Gasteiger partial charge is 0.283 e. The third-order valence-corrected chi connectivity index (χ3v) is 4.08. The van der Waals surface area contributed by atoms with Crippen LogP contribution < -0.4 is 10.9 Å². The van der Waals surface area contributed by atoms with Crippen molar-refractivity contribution in [2.24, 2.45) is 5.92 Å². The lowest BCUT2D eigenvalue weighted by Gasteiger charge is -2.13. The van der Waals surface area contributed by atoms with Crippen LogP contribution in [0.2, 0.25) is 5.02 Å². The number of pyridine rings is 1. The number of hydrogen-bond donors (Lipinski definition) is 1. The van der Waals surface area contributed by atoms with E-state index in [1.54, 1.807) is 30.5 Å². The van der Waals surface area contributed by atoms with Gasteiger partial charge in [0.15, 0.2) is 11.3 Å². The maximum Gasteiger partial charge on any atom is 0.283 e. The molecule has 0 aliphatic carbocycles. The predicted molar refractivity (Wildman–Crippen MR) is 101 cm³/mol. The van der Waals surface area contributed by atoms with Gasteiger partial charge in [0, 0.05) is 24.3 Å². The van der Waals surface area contributed by atoms with Crippen LogP contribution in [0.4, 0.5) is 0 Å². The Kier molecular flexibility index (Phi) is 5.32. The fourth-order valence-electron chi connectivity index (χ4n) is 2.63. The molecule has 0 bridgehead atoms. The average molecular weight is 371 g/mol. The van der Waals surface area contributed by atoms with Gasteiger partial charge in [-0.05, 0) is 35.7 Å². The molecule has 1 aromatic carbocycles. The third-order valence-electron chi connectivity index (χ3n) is 3.83. The molecule has 0 saturated heterocycles. The van der Waals surface area contributed by atoms with Crippen molar-refractivity contribution < 1.29 is 4.79 Å². The number of carbonyl (C=O) groups excluding carboxylic acids is 1. The Morgan fingerprint density at radius 1 is 1.23 bits per heavy atom. The quantitative estimate of drug-likeness (QED) is 0.748. The van der Waals surface area contributed by atoms with E-state index in [4.69, 9.17) is 11.6 Å². The lowest BCUT2D eigenvalue weighted by Crippen LogP contribution is -2.35. The van der Waals surface area contributed by atoms with Crippen LogP contribution in [-0.2, 0) is 13.1 Å². The first-order valence-corrected chi connectivity index (χ1v) is 8.71. The van der Waals surface area contributed by atoms with Crippen LogP contribution in [0.5, 0.6) is 0 Å². The van der Waals surface area contributed by atoms with Crippen LogP contribution in [0.3, 0.4) is 0 Å². The molecule has 2 heterocycles. The molecule has 0 spiro atoms. The Bertz CT molecular complexity index is 997. The molecule has 3 rings (SSSR count). The van der Waals surface area contributed by atoms with Gasteiger partial charge in [-0.3, -0.25) is 14.2 Å². The number of amides is 1. The van der Waals surface area contributed by atoms with Gasteiger partial charge in [0.1, 0.15) is 5.52 Å². The van der Waals surface area contributed by atoms with Crippen LogP contribution >= 0.6 is 11.6 Å². The molecular formula is C19H19ClN4O2. The molecular weight excluding hydrogens is 352 g/mol. The summed E-state index contributed by atoms with van der Waals surface area (Å²) in [6.45, 7) is 4.75. The van der Waals surface area contributed by atoms with Crippen molar-refractivity contribution in [3.63, 3.8) is 0 Å². The largest absolute Gasteiger partial charge is 0.346 e. The molecule has 1 N–H and O–H groups in total. The van der Waals surface area contributed by atoms with Gasteiger partial charge in [-0.25, -0.2) is 9.97 Å². The van der Waals surface area contributed by atoms with E-state index < -0.39 is 11.5 Å². The van der Waals surface area contributed by atoms with Crippen molar-refractivity contribution in [3.8, 4) is 0 Å². The Hall–Kier alpha value is -2.73. The van der Waals surface area contributed by atoms with Crippen molar-refractivity contribution >= 4 is 28.7 Å². The van der Waals surface area contributed by atoms with Gasteiger partial charge in [0.2, 0.25) is 0 Å². The van der Waals surface area contributed by atoms with E-state index >= 15 is 0 Å². The summed E-state index contributed by atoms with van der Waals surface area (Å²) in [4.78, 5) is 33.8. The number of rotatable bonds is 5. The highest BCUT2D eigenvalue weighted by atomic mass is 35.5. The molecule has 1 amide bonds. The summed E-state index contributed by atoms with van der Waals surface area (Å²) < 4.78 is 1.52. The van der Waals surface area contributed by atoms with Crippen molar-refractivity contribution in [1.29, 1.82) is 0 Å². The van der Waals surface area contributed by atoms with Gasteiger partial charge in [0.25, 0.3) is 11.5 Å². The van der Waals surface area contributed by atoms with Gasteiger partial charge in [0.05, 0.1) is 0 Å². The molecule has 0 atom stereocenters.